The van der Waals surface area contributed by atoms with Gasteiger partial charge in [0.05, 0.1) is 5.54 Å². The van der Waals surface area contributed by atoms with Crippen LogP contribution in [0.3, 0.4) is 0 Å². The maximum Gasteiger partial charge on any atom is 0.240 e. The van der Waals surface area contributed by atoms with E-state index in [1.807, 2.05) is 18.7 Å². The third-order valence-corrected chi connectivity index (χ3v) is 5.06. The molecule has 1 amide bonds. The Labute approximate surface area is 108 Å². The van der Waals surface area contributed by atoms with E-state index < -0.39 is 0 Å². The predicted molar refractivity (Wildman–Crippen MR) is 73.3 cm³/mol. The minimum absolute atomic E-state index is 0.204. The van der Waals surface area contributed by atoms with Crippen LogP contribution in [0.25, 0.3) is 0 Å². The molecule has 1 atom stereocenters. The van der Waals surface area contributed by atoms with Crippen LogP contribution >= 0.6 is 11.8 Å². The molecular weight excluding hydrogens is 232 g/mol. The highest BCUT2D eigenvalue weighted by Crippen LogP contribution is 2.23. The average molecular weight is 256 g/mol. The van der Waals surface area contributed by atoms with E-state index in [1.165, 1.54) is 30.8 Å². The Balaban J connectivity index is 1.75. The molecule has 17 heavy (non-hydrogen) atoms. The Morgan fingerprint density at radius 2 is 2.18 bits per heavy atom. The highest BCUT2D eigenvalue weighted by Gasteiger charge is 2.34. The largest absolute Gasteiger partial charge is 0.354 e. The Morgan fingerprint density at radius 1 is 1.41 bits per heavy atom. The molecule has 0 aromatic carbocycles. The van der Waals surface area contributed by atoms with Gasteiger partial charge in [0, 0.05) is 6.54 Å². The van der Waals surface area contributed by atoms with Crippen molar-refractivity contribution in [2.45, 2.75) is 44.6 Å². The molecule has 2 aliphatic rings. The first-order chi connectivity index (χ1) is 8.21. The van der Waals surface area contributed by atoms with Gasteiger partial charge in [-0.15, -0.1) is 0 Å². The van der Waals surface area contributed by atoms with E-state index in [0.29, 0.717) is 5.92 Å². The normalized spacial score (nSPS) is 31.1. The molecule has 2 aliphatic heterocycles. The van der Waals surface area contributed by atoms with Crippen LogP contribution in [-0.4, -0.2) is 36.0 Å². The molecule has 0 bridgehead atoms. The van der Waals surface area contributed by atoms with Crippen LogP contribution in [0.4, 0.5) is 0 Å². The zero-order valence-corrected chi connectivity index (χ0v) is 11.6. The molecule has 0 aromatic heterocycles. The molecule has 0 aromatic rings. The molecule has 0 spiro atoms. The summed E-state index contributed by atoms with van der Waals surface area (Å²) in [4.78, 5) is 12.2. The van der Waals surface area contributed by atoms with Crippen LogP contribution in [-0.2, 0) is 4.79 Å². The molecule has 2 saturated heterocycles. The molecule has 0 radical (unpaired) electrons. The molecule has 1 unspecified atom stereocenters. The van der Waals surface area contributed by atoms with Crippen molar-refractivity contribution < 1.29 is 4.79 Å². The third kappa shape index (κ3) is 3.62. The summed E-state index contributed by atoms with van der Waals surface area (Å²) >= 11 is 2.04. The van der Waals surface area contributed by atoms with Crippen molar-refractivity contribution in [1.82, 2.24) is 10.6 Å². The van der Waals surface area contributed by atoms with E-state index >= 15 is 0 Å². The summed E-state index contributed by atoms with van der Waals surface area (Å²) in [6.07, 6.45) is 5.85. The minimum atomic E-state index is -0.318. The van der Waals surface area contributed by atoms with Crippen molar-refractivity contribution in [1.29, 1.82) is 0 Å². The topological polar surface area (TPSA) is 41.1 Å². The zero-order valence-electron chi connectivity index (χ0n) is 10.8. The van der Waals surface area contributed by atoms with Crippen molar-refractivity contribution in [2.24, 2.45) is 5.92 Å². The first-order valence-corrected chi connectivity index (χ1v) is 7.97. The minimum Gasteiger partial charge on any atom is -0.354 e. The van der Waals surface area contributed by atoms with Crippen molar-refractivity contribution in [3.05, 3.63) is 0 Å². The Bertz CT molecular complexity index is 258. The van der Waals surface area contributed by atoms with Gasteiger partial charge in [0.1, 0.15) is 0 Å². The molecule has 2 N–H and O–H groups in total. The summed E-state index contributed by atoms with van der Waals surface area (Å²) in [5.74, 6) is 3.43. The van der Waals surface area contributed by atoms with Crippen LogP contribution in [0.2, 0.25) is 0 Å². The van der Waals surface area contributed by atoms with Crippen molar-refractivity contribution >= 4 is 17.7 Å². The van der Waals surface area contributed by atoms with Crippen LogP contribution in [0.1, 0.15) is 39.0 Å². The second-order valence-electron chi connectivity index (χ2n) is 5.48. The quantitative estimate of drug-likeness (QED) is 0.809. The van der Waals surface area contributed by atoms with E-state index in [-0.39, 0.29) is 11.4 Å². The first-order valence-electron chi connectivity index (χ1n) is 6.82. The van der Waals surface area contributed by atoms with Gasteiger partial charge in [-0.25, -0.2) is 0 Å². The number of hydrogen-bond acceptors (Lipinski definition) is 3. The second-order valence-corrected chi connectivity index (χ2v) is 6.71. The lowest BCUT2D eigenvalue weighted by atomic mass is 9.90. The summed E-state index contributed by atoms with van der Waals surface area (Å²) < 4.78 is 0. The fourth-order valence-electron chi connectivity index (χ4n) is 2.63. The number of amides is 1. The SMILES string of the molecule is CC1(C(=O)NCC2CCSCC2)CCCCN1. The lowest BCUT2D eigenvalue weighted by molar-refractivity contribution is -0.128. The molecule has 98 valence electrons. The number of carbonyl (C=O) groups excluding carboxylic acids is 1. The van der Waals surface area contributed by atoms with Gasteiger partial charge in [-0.3, -0.25) is 4.79 Å². The fraction of sp³-hybridized carbons (Fsp3) is 0.923. The first kappa shape index (κ1) is 13.2. The number of carbonyl (C=O) groups is 1. The molecule has 2 heterocycles. The number of nitrogens with one attached hydrogen (secondary N) is 2. The van der Waals surface area contributed by atoms with Gasteiger partial charge in [0.15, 0.2) is 0 Å². The number of hydrogen-bond donors (Lipinski definition) is 2. The number of piperidine rings is 1. The van der Waals surface area contributed by atoms with E-state index in [9.17, 15) is 4.79 Å². The van der Waals surface area contributed by atoms with Crippen LogP contribution in [0, 0.1) is 5.92 Å². The summed E-state index contributed by atoms with van der Waals surface area (Å²) in [6.45, 7) is 3.89. The molecule has 2 fully saturated rings. The van der Waals surface area contributed by atoms with Crippen LogP contribution in [0.15, 0.2) is 0 Å². The summed E-state index contributed by atoms with van der Waals surface area (Å²) in [6, 6.07) is 0. The highest BCUT2D eigenvalue weighted by molar-refractivity contribution is 7.99. The molecule has 4 heteroatoms. The summed E-state index contributed by atoms with van der Waals surface area (Å²) in [5.41, 5.74) is -0.318. The van der Waals surface area contributed by atoms with Crippen molar-refractivity contribution in [3.8, 4) is 0 Å². The van der Waals surface area contributed by atoms with Gasteiger partial charge < -0.3 is 10.6 Å². The van der Waals surface area contributed by atoms with E-state index in [4.69, 9.17) is 0 Å². The van der Waals surface area contributed by atoms with Crippen molar-refractivity contribution in [2.75, 3.05) is 24.6 Å². The van der Waals surface area contributed by atoms with E-state index in [1.54, 1.807) is 0 Å². The number of rotatable bonds is 3. The maximum absolute atomic E-state index is 12.2. The monoisotopic (exact) mass is 256 g/mol. The van der Waals surface area contributed by atoms with E-state index in [0.717, 1.165) is 25.9 Å². The lowest BCUT2D eigenvalue weighted by Gasteiger charge is -2.34. The summed E-state index contributed by atoms with van der Waals surface area (Å²) in [7, 11) is 0. The zero-order chi connectivity index (χ0) is 12.1. The van der Waals surface area contributed by atoms with Gasteiger partial charge in [-0.05, 0) is 63.0 Å². The third-order valence-electron chi connectivity index (χ3n) is 4.01. The van der Waals surface area contributed by atoms with Crippen molar-refractivity contribution in [3.63, 3.8) is 0 Å². The van der Waals surface area contributed by atoms with Crippen LogP contribution < -0.4 is 10.6 Å². The smallest absolute Gasteiger partial charge is 0.240 e. The van der Waals surface area contributed by atoms with Gasteiger partial charge in [0.2, 0.25) is 5.91 Å². The van der Waals surface area contributed by atoms with Gasteiger partial charge in [-0.2, -0.15) is 11.8 Å². The Kier molecular flexibility index (Phi) is 4.74. The molecular formula is C13H24N2OS. The van der Waals surface area contributed by atoms with Gasteiger partial charge in [0.25, 0.3) is 0 Å². The molecule has 2 rings (SSSR count). The fourth-order valence-corrected chi connectivity index (χ4v) is 3.84. The van der Waals surface area contributed by atoms with Crippen LogP contribution in [0.5, 0.6) is 0 Å². The predicted octanol–water partition coefficient (Wildman–Crippen LogP) is 1.78. The highest BCUT2D eigenvalue weighted by atomic mass is 32.2. The average Bonchev–Trinajstić information content (AvgIpc) is 2.38. The summed E-state index contributed by atoms with van der Waals surface area (Å²) in [5, 5.41) is 6.52. The molecule has 0 saturated carbocycles. The Hall–Kier alpha value is -0.220. The Morgan fingerprint density at radius 3 is 2.82 bits per heavy atom. The number of thioether (sulfide) groups is 1. The van der Waals surface area contributed by atoms with Gasteiger partial charge in [-0.1, -0.05) is 0 Å². The van der Waals surface area contributed by atoms with Gasteiger partial charge >= 0.3 is 0 Å². The lowest BCUT2D eigenvalue weighted by Crippen LogP contribution is -2.57. The maximum atomic E-state index is 12.2. The second kappa shape index (κ2) is 6.10. The van der Waals surface area contributed by atoms with E-state index in [2.05, 4.69) is 10.6 Å². The standard InChI is InChI=1S/C13H24N2OS/c1-13(6-2-3-7-15-13)12(16)14-10-11-4-8-17-9-5-11/h11,15H,2-10H2,1H3,(H,14,16). The molecule has 0 aliphatic carbocycles. The molecule has 3 nitrogen and oxygen atoms in total.